The second-order valence-electron chi connectivity index (χ2n) is 3.77. The van der Waals surface area contributed by atoms with E-state index in [0.717, 1.165) is 12.8 Å². The number of hydrogen-bond acceptors (Lipinski definition) is 4. The molecule has 4 nitrogen and oxygen atoms in total. The monoisotopic (exact) mass is 230 g/mol. The van der Waals surface area contributed by atoms with Gasteiger partial charge >= 0.3 is 5.97 Å². The number of unbranched alkanes of at least 4 members (excludes halogenated alkanes) is 1. The topological polar surface area (TPSA) is 55.8 Å². The number of rotatable bonds is 8. The van der Waals surface area contributed by atoms with Crippen molar-refractivity contribution in [1.29, 1.82) is 0 Å². The summed E-state index contributed by atoms with van der Waals surface area (Å²) in [4.78, 5) is 11.6. The third-order valence-corrected chi connectivity index (χ3v) is 2.65. The minimum Gasteiger partial charge on any atom is -0.467 e. The van der Waals surface area contributed by atoms with Crippen molar-refractivity contribution in [3.8, 4) is 0 Å². The van der Waals surface area contributed by atoms with Crippen LogP contribution < -0.4 is 0 Å². The molecule has 0 amide bonds. The van der Waals surface area contributed by atoms with Gasteiger partial charge in [-0.1, -0.05) is 25.8 Å². The first-order valence-electron chi connectivity index (χ1n) is 5.51. The Balaban J connectivity index is 4.85. The second-order valence-corrected chi connectivity index (χ2v) is 3.77. The molecule has 0 aromatic heterocycles. The van der Waals surface area contributed by atoms with Crippen LogP contribution in [0.15, 0.2) is 12.7 Å². The van der Waals surface area contributed by atoms with Crippen LogP contribution in [0.3, 0.4) is 0 Å². The van der Waals surface area contributed by atoms with E-state index in [1.807, 2.05) is 6.92 Å². The average molecular weight is 230 g/mol. The molecule has 0 radical (unpaired) electrons. The smallest absolute Gasteiger partial charge is 0.340 e. The molecule has 0 rings (SSSR count). The molecule has 0 unspecified atom stereocenters. The van der Waals surface area contributed by atoms with Crippen LogP contribution in [0.2, 0.25) is 0 Å². The van der Waals surface area contributed by atoms with Crippen molar-refractivity contribution in [2.24, 2.45) is 0 Å². The standard InChI is InChI=1S/C12H22O4/c1-5-7-9-12(14,11(13)16-4)10(15-3)8-6-2/h6,10,14H,2,5,7-9H2,1,3-4H3/t10-,12+/m0/s1. The van der Waals surface area contributed by atoms with Crippen LogP contribution in [-0.2, 0) is 14.3 Å². The Morgan fingerprint density at radius 3 is 2.56 bits per heavy atom. The fraction of sp³-hybridized carbons (Fsp3) is 0.750. The highest BCUT2D eigenvalue weighted by molar-refractivity contribution is 5.80. The number of carbonyl (C=O) groups is 1. The van der Waals surface area contributed by atoms with Gasteiger partial charge in [0.2, 0.25) is 0 Å². The summed E-state index contributed by atoms with van der Waals surface area (Å²) in [7, 11) is 2.73. The van der Waals surface area contributed by atoms with Gasteiger partial charge in [0.05, 0.1) is 7.11 Å². The Labute approximate surface area is 97.2 Å². The van der Waals surface area contributed by atoms with Crippen LogP contribution in [0.5, 0.6) is 0 Å². The van der Waals surface area contributed by atoms with Gasteiger partial charge in [-0.3, -0.25) is 0 Å². The fourth-order valence-corrected chi connectivity index (χ4v) is 1.66. The maximum Gasteiger partial charge on any atom is 0.340 e. The molecule has 0 spiro atoms. The molecule has 1 N–H and O–H groups in total. The van der Waals surface area contributed by atoms with Gasteiger partial charge in [-0.05, 0) is 12.8 Å². The van der Waals surface area contributed by atoms with E-state index in [9.17, 15) is 9.90 Å². The van der Waals surface area contributed by atoms with E-state index in [4.69, 9.17) is 4.74 Å². The van der Waals surface area contributed by atoms with E-state index in [0.29, 0.717) is 12.8 Å². The zero-order valence-electron chi connectivity index (χ0n) is 10.4. The Kier molecular flexibility index (Phi) is 7.01. The van der Waals surface area contributed by atoms with E-state index < -0.39 is 17.7 Å². The van der Waals surface area contributed by atoms with Crippen LogP contribution in [-0.4, -0.2) is 37.0 Å². The van der Waals surface area contributed by atoms with E-state index >= 15 is 0 Å². The molecule has 2 atom stereocenters. The molecule has 0 heterocycles. The lowest BCUT2D eigenvalue weighted by Crippen LogP contribution is -2.51. The fourth-order valence-electron chi connectivity index (χ4n) is 1.66. The van der Waals surface area contributed by atoms with E-state index in [2.05, 4.69) is 11.3 Å². The SMILES string of the molecule is C=CC[C@H](OC)[C@](O)(CCCC)C(=O)OC. The molecular formula is C12H22O4. The number of esters is 1. The molecule has 0 aromatic rings. The molecule has 0 aliphatic rings. The maximum atomic E-state index is 11.6. The van der Waals surface area contributed by atoms with Gasteiger partial charge in [0.25, 0.3) is 0 Å². The molecule has 16 heavy (non-hydrogen) atoms. The van der Waals surface area contributed by atoms with Crippen molar-refractivity contribution in [3.63, 3.8) is 0 Å². The van der Waals surface area contributed by atoms with E-state index in [1.165, 1.54) is 14.2 Å². The first-order chi connectivity index (χ1) is 7.56. The van der Waals surface area contributed by atoms with E-state index in [-0.39, 0.29) is 0 Å². The van der Waals surface area contributed by atoms with Crippen molar-refractivity contribution in [2.75, 3.05) is 14.2 Å². The summed E-state index contributed by atoms with van der Waals surface area (Å²) in [6, 6.07) is 0. The lowest BCUT2D eigenvalue weighted by atomic mass is 9.88. The van der Waals surface area contributed by atoms with Gasteiger partial charge < -0.3 is 14.6 Å². The second kappa shape index (κ2) is 7.41. The summed E-state index contributed by atoms with van der Waals surface area (Å²) in [5.41, 5.74) is -1.58. The molecule has 0 aromatic carbocycles. The molecule has 0 aliphatic carbocycles. The molecular weight excluding hydrogens is 208 g/mol. The van der Waals surface area contributed by atoms with E-state index in [1.54, 1.807) is 6.08 Å². The predicted molar refractivity (Wildman–Crippen MR) is 62.1 cm³/mol. The normalized spacial score (nSPS) is 16.2. The zero-order chi connectivity index (χ0) is 12.6. The summed E-state index contributed by atoms with van der Waals surface area (Å²) >= 11 is 0. The molecule has 0 saturated heterocycles. The van der Waals surface area contributed by atoms with Crippen LogP contribution in [0, 0.1) is 0 Å². The highest BCUT2D eigenvalue weighted by atomic mass is 16.6. The number of aliphatic hydroxyl groups is 1. The number of hydrogen-bond donors (Lipinski definition) is 1. The lowest BCUT2D eigenvalue weighted by molar-refractivity contribution is -0.179. The van der Waals surface area contributed by atoms with Gasteiger partial charge in [-0.15, -0.1) is 6.58 Å². The van der Waals surface area contributed by atoms with Gasteiger partial charge in [0.15, 0.2) is 5.60 Å². The van der Waals surface area contributed by atoms with Crippen molar-refractivity contribution < 1.29 is 19.4 Å². The van der Waals surface area contributed by atoms with Crippen LogP contribution in [0.1, 0.15) is 32.6 Å². The van der Waals surface area contributed by atoms with Crippen molar-refractivity contribution in [1.82, 2.24) is 0 Å². The molecule has 4 heteroatoms. The zero-order valence-corrected chi connectivity index (χ0v) is 10.4. The lowest BCUT2D eigenvalue weighted by Gasteiger charge is -2.32. The summed E-state index contributed by atoms with van der Waals surface area (Å²) in [5.74, 6) is -0.644. The molecule has 0 bridgehead atoms. The quantitative estimate of drug-likeness (QED) is 0.509. The number of methoxy groups -OCH3 is 2. The summed E-state index contributed by atoms with van der Waals surface area (Å²) in [6.07, 6.45) is 3.39. The van der Waals surface area contributed by atoms with Crippen LogP contribution >= 0.6 is 0 Å². The summed E-state index contributed by atoms with van der Waals surface area (Å²) in [5, 5.41) is 10.4. The summed E-state index contributed by atoms with van der Waals surface area (Å²) in [6.45, 7) is 5.58. The molecule has 94 valence electrons. The van der Waals surface area contributed by atoms with Crippen molar-refractivity contribution in [2.45, 2.75) is 44.3 Å². The maximum absolute atomic E-state index is 11.6. The Hall–Kier alpha value is -0.870. The predicted octanol–water partition coefficient (Wildman–Crippen LogP) is 1.67. The van der Waals surface area contributed by atoms with Crippen LogP contribution in [0.4, 0.5) is 0 Å². The van der Waals surface area contributed by atoms with Gasteiger partial charge in [0.1, 0.15) is 6.10 Å². The highest BCUT2D eigenvalue weighted by Gasteiger charge is 2.44. The van der Waals surface area contributed by atoms with Crippen molar-refractivity contribution in [3.05, 3.63) is 12.7 Å². The Morgan fingerprint density at radius 2 is 2.19 bits per heavy atom. The third-order valence-electron chi connectivity index (χ3n) is 2.65. The summed E-state index contributed by atoms with van der Waals surface area (Å²) < 4.78 is 9.79. The first-order valence-corrected chi connectivity index (χ1v) is 5.51. The Morgan fingerprint density at radius 1 is 1.56 bits per heavy atom. The Bertz CT molecular complexity index is 227. The minimum absolute atomic E-state index is 0.336. The van der Waals surface area contributed by atoms with Crippen molar-refractivity contribution >= 4 is 5.97 Å². The number of carbonyl (C=O) groups excluding carboxylic acids is 1. The average Bonchev–Trinajstić information content (AvgIpc) is 2.31. The molecule has 0 fully saturated rings. The number of ether oxygens (including phenoxy) is 2. The highest BCUT2D eigenvalue weighted by Crippen LogP contribution is 2.25. The molecule has 0 aliphatic heterocycles. The molecule has 0 saturated carbocycles. The van der Waals surface area contributed by atoms with Gasteiger partial charge in [0, 0.05) is 7.11 Å². The van der Waals surface area contributed by atoms with Gasteiger partial charge in [-0.25, -0.2) is 4.79 Å². The third kappa shape index (κ3) is 3.61. The largest absolute Gasteiger partial charge is 0.467 e. The first kappa shape index (κ1) is 15.1. The minimum atomic E-state index is -1.58. The van der Waals surface area contributed by atoms with Gasteiger partial charge in [-0.2, -0.15) is 0 Å². The van der Waals surface area contributed by atoms with Crippen LogP contribution in [0.25, 0.3) is 0 Å².